The van der Waals surface area contributed by atoms with Gasteiger partial charge in [-0.25, -0.2) is 4.68 Å². The van der Waals surface area contributed by atoms with E-state index >= 15 is 0 Å². The highest BCUT2D eigenvalue weighted by molar-refractivity contribution is 5.90. The minimum atomic E-state index is -0.749. The Balaban J connectivity index is 1.32. The summed E-state index contributed by atoms with van der Waals surface area (Å²) in [5.74, 6) is 1.14. The van der Waals surface area contributed by atoms with Crippen molar-refractivity contribution in [3.8, 4) is 0 Å². The average molecular weight is 457 g/mol. The second-order valence-corrected chi connectivity index (χ2v) is 10.8. The lowest BCUT2D eigenvalue weighted by molar-refractivity contribution is -0.144. The molecule has 2 N–H and O–H groups in total. The van der Waals surface area contributed by atoms with E-state index in [4.69, 9.17) is 4.52 Å². The molecule has 3 heterocycles. The summed E-state index contributed by atoms with van der Waals surface area (Å²) in [6, 6.07) is -1.37. The van der Waals surface area contributed by atoms with Crippen molar-refractivity contribution in [3.05, 3.63) is 29.4 Å². The van der Waals surface area contributed by atoms with Gasteiger partial charge >= 0.3 is 0 Å². The Morgan fingerprint density at radius 1 is 1.24 bits per heavy atom. The number of nitrogens with one attached hydrogen (secondary N) is 1. The van der Waals surface area contributed by atoms with Crippen molar-refractivity contribution in [2.75, 3.05) is 6.54 Å². The van der Waals surface area contributed by atoms with Crippen LogP contribution in [0, 0.1) is 5.41 Å². The summed E-state index contributed by atoms with van der Waals surface area (Å²) in [6.45, 7) is 6.33. The van der Waals surface area contributed by atoms with E-state index in [1.165, 1.54) is 4.90 Å². The third-order valence-corrected chi connectivity index (χ3v) is 6.78. The van der Waals surface area contributed by atoms with Crippen LogP contribution in [-0.4, -0.2) is 60.7 Å². The van der Waals surface area contributed by atoms with Crippen molar-refractivity contribution in [2.24, 2.45) is 5.41 Å². The normalized spacial score (nSPS) is 24.2. The van der Waals surface area contributed by atoms with Crippen LogP contribution in [0.25, 0.3) is 0 Å². The van der Waals surface area contributed by atoms with Gasteiger partial charge in [0.05, 0.1) is 18.0 Å². The van der Waals surface area contributed by atoms with E-state index in [1.54, 1.807) is 10.9 Å². The van der Waals surface area contributed by atoms with Gasteiger partial charge in [0.2, 0.25) is 11.8 Å². The molecule has 3 atom stereocenters. The Bertz CT molecular complexity index is 1030. The molecule has 0 spiro atoms. The van der Waals surface area contributed by atoms with Crippen molar-refractivity contribution in [1.29, 1.82) is 0 Å². The maximum Gasteiger partial charge on any atom is 0.248 e. The van der Waals surface area contributed by atoms with E-state index in [-0.39, 0.29) is 24.8 Å². The zero-order valence-corrected chi connectivity index (χ0v) is 19.4. The third kappa shape index (κ3) is 4.53. The van der Waals surface area contributed by atoms with Gasteiger partial charge in [0.1, 0.15) is 17.8 Å². The Labute approximate surface area is 192 Å². The number of carbonyl (C=O) groups excluding carboxylic acids is 2. The van der Waals surface area contributed by atoms with Crippen molar-refractivity contribution in [3.63, 3.8) is 0 Å². The largest absolute Gasteiger partial charge is 0.391 e. The number of aliphatic hydroxyl groups is 1. The fourth-order valence-corrected chi connectivity index (χ4v) is 4.71. The van der Waals surface area contributed by atoms with E-state index in [9.17, 15) is 14.7 Å². The number of likely N-dealkylation sites (tertiary alicyclic amines) is 1. The van der Waals surface area contributed by atoms with Crippen LogP contribution in [0.2, 0.25) is 0 Å². The number of aromatic nitrogens is 4. The van der Waals surface area contributed by atoms with Crippen molar-refractivity contribution in [2.45, 2.75) is 89.4 Å². The molecule has 1 saturated heterocycles. The first-order valence-electron chi connectivity index (χ1n) is 11.8. The molecule has 10 nitrogen and oxygen atoms in total. The molecular formula is C23H32N6O4. The molecule has 33 heavy (non-hydrogen) atoms. The molecule has 2 aliphatic carbocycles. The summed E-state index contributed by atoms with van der Waals surface area (Å²) in [5.41, 5.74) is 1.32. The number of carbonyl (C=O) groups is 2. The lowest BCUT2D eigenvalue weighted by Gasteiger charge is -2.34. The van der Waals surface area contributed by atoms with E-state index in [1.807, 2.05) is 27.0 Å². The Kier molecular flexibility index (Phi) is 5.50. The second-order valence-electron chi connectivity index (χ2n) is 10.8. The van der Waals surface area contributed by atoms with Crippen LogP contribution in [-0.2, 0) is 16.1 Å². The van der Waals surface area contributed by atoms with Gasteiger partial charge in [-0.1, -0.05) is 31.1 Å². The average Bonchev–Trinajstić information content (AvgIpc) is 3.65. The van der Waals surface area contributed by atoms with Crippen LogP contribution < -0.4 is 5.32 Å². The van der Waals surface area contributed by atoms with Gasteiger partial charge in [0.25, 0.3) is 0 Å². The summed E-state index contributed by atoms with van der Waals surface area (Å²) in [5, 5.41) is 25.7. The number of nitrogens with zero attached hydrogens (tertiary/aromatic N) is 5. The van der Waals surface area contributed by atoms with Crippen LogP contribution in [0.4, 0.5) is 0 Å². The van der Waals surface area contributed by atoms with Crippen molar-refractivity contribution in [1.82, 2.24) is 30.4 Å². The fraction of sp³-hybridized carbons (Fsp3) is 0.696. The van der Waals surface area contributed by atoms with Crippen LogP contribution in [0.3, 0.4) is 0 Å². The molecule has 3 fully saturated rings. The van der Waals surface area contributed by atoms with E-state index in [0.717, 1.165) is 42.7 Å². The first kappa shape index (κ1) is 22.1. The van der Waals surface area contributed by atoms with Gasteiger partial charge in [-0.05, 0) is 31.1 Å². The molecule has 2 amide bonds. The Morgan fingerprint density at radius 3 is 2.64 bits per heavy atom. The Hall–Kier alpha value is -2.75. The summed E-state index contributed by atoms with van der Waals surface area (Å²) in [4.78, 5) is 28.4. The highest BCUT2D eigenvalue weighted by Crippen LogP contribution is 2.42. The maximum absolute atomic E-state index is 13.8. The number of aliphatic hydroxyl groups excluding tert-OH is 1. The first-order chi connectivity index (χ1) is 15.7. The second kappa shape index (κ2) is 8.23. The van der Waals surface area contributed by atoms with Gasteiger partial charge in [-0.15, -0.1) is 5.10 Å². The van der Waals surface area contributed by atoms with Gasteiger partial charge in [-0.3, -0.25) is 9.59 Å². The number of hydrogen-bond donors (Lipinski definition) is 2. The molecule has 2 aromatic heterocycles. The smallest absolute Gasteiger partial charge is 0.248 e. The van der Waals surface area contributed by atoms with E-state index in [2.05, 4.69) is 20.8 Å². The monoisotopic (exact) mass is 456 g/mol. The first-order valence-corrected chi connectivity index (χ1v) is 11.8. The summed E-state index contributed by atoms with van der Waals surface area (Å²) >= 11 is 0. The minimum Gasteiger partial charge on any atom is -0.391 e. The molecule has 1 aliphatic heterocycles. The van der Waals surface area contributed by atoms with Gasteiger partial charge in [-0.2, -0.15) is 0 Å². The molecule has 0 radical (unpaired) electrons. The zero-order valence-electron chi connectivity index (χ0n) is 19.4. The maximum atomic E-state index is 13.8. The molecule has 10 heteroatoms. The summed E-state index contributed by atoms with van der Waals surface area (Å²) in [6.07, 6.45) is 7.30. The minimum absolute atomic E-state index is 0.119. The molecule has 0 aromatic carbocycles. The highest BCUT2D eigenvalue weighted by Gasteiger charge is 2.45. The standard InChI is InChI=1S/C23H32N6O4/c1-23(2,3)20(29-12-17(26-27-29)13-4-5-13)22(32)28-11-16(30)8-18(28)21(31)24-9-15-10-25-33-19(15)14-6-7-14/h10,12-14,16,18,20,30H,4-9,11H2,1-3H3,(H,24,31)/t16?,18?,20-/m1/s1. The lowest BCUT2D eigenvalue weighted by atomic mass is 9.85. The van der Waals surface area contributed by atoms with Gasteiger partial charge in [0, 0.05) is 43.1 Å². The quantitative estimate of drug-likeness (QED) is 0.651. The number of amides is 2. The third-order valence-electron chi connectivity index (χ3n) is 6.78. The molecule has 2 unspecified atom stereocenters. The number of β-amino-alcohol motifs (C(OH)–C–C–N with tert-alkyl or cyclic N) is 1. The fourth-order valence-electron chi connectivity index (χ4n) is 4.71. The number of rotatable bonds is 7. The van der Waals surface area contributed by atoms with Gasteiger partial charge in [0.15, 0.2) is 0 Å². The molecule has 5 rings (SSSR count). The molecular weight excluding hydrogens is 424 g/mol. The van der Waals surface area contributed by atoms with Gasteiger partial charge < -0.3 is 19.8 Å². The van der Waals surface area contributed by atoms with Crippen molar-refractivity contribution < 1.29 is 19.2 Å². The molecule has 3 aliphatic rings. The van der Waals surface area contributed by atoms with Crippen molar-refractivity contribution >= 4 is 11.8 Å². The zero-order chi connectivity index (χ0) is 23.3. The molecule has 2 aromatic rings. The van der Waals surface area contributed by atoms with Crippen LogP contribution in [0.15, 0.2) is 16.9 Å². The molecule has 178 valence electrons. The number of hydrogen-bond acceptors (Lipinski definition) is 7. The van der Waals surface area contributed by atoms with Crippen LogP contribution in [0.1, 0.15) is 87.8 Å². The van der Waals surface area contributed by atoms with E-state index in [0.29, 0.717) is 18.4 Å². The predicted octanol–water partition coefficient (Wildman–Crippen LogP) is 1.89. The summed E-state index contributed by atoms with van der Waals surface area (Å²) < 4.78 is 6.98. The molecule has 2 saturated carbocycles. The molecule has 0 bridgehead atoms. The highest BCUT2D eigenvalue weighted by atomic mass is 16.5. The van der Waals surface area contributed by atoms with E-state index < -0.39 is 23.6 Å². The topological polar surface area (TPSA) is 126 Å². The predicted molar refractivity (Wildman–Crippen MR) is 117 cm³/mol. The van der Waals surface area contributed by atoms with Crippen LogP contribution >= 0.6 is 0 Å². The Morgan fingerprint density at radius 2 is 1.97 bits per heavy atom. The summed E-state index contributed by atoms with van der Waals surface area (Å²) in [7, 11) is 0. The SMILES string of the molecule is CC(C)(C)[C@@H](C(=O)N1CC(O)CC1C(=O)NCc1cnoc1C1CC1)n1cc(C2CC2)nn1. The lowest BCUT2D eigenvalue weighted by Crippen LogP contribution is -2.50. The van der Waals surface area contributed by atoms with Crippen LogP contribution in [0.5, 0.6) is 0 Å².